The molecule has 1 atom stereocenters. The lowest BCUT2D eigenvalue weighted by molar-refractivity contribution is 0.349. The van der Waals surface area contributed by atoms with E-state index in [4.69, 9.17) is 26.2 Å². The summed E-state index contributed by atoms with van der Waals surface area (Å²) in [6.07, 6.45) is -0.899. The van der Waals surface area contributed by atoms with Crippen LogP contribution in [0.3, 0.4) is 0 Å². The number of nitrogens with two attached hydrogens (primary N) is 1. The molecule has 0 saturated heterocycles. The number of ether oxygens (including phenoxy) is 2. The summed E-state index contributed by atoms with van der Waals surface area (Å²) in [6.45, 7) is 0. The van der Waals surface area contributed by atoms with Gasteiger partial charge in [-0.05, 0) is 18.2 Å². The second-order valence-electron chi connectivity index (χ2n) is 5.61. The summed E-state index contributed by atoms with van der Waals surface area (Å²) < 4.78 is 61.6. The maximum absolute atomic E-state index is 12.7. The molecule has 4 N–H and O–H groups in total. The first-order valence-electron chi connectivity index (χ1n) is 7.44. The normalized spacial score (nSPS) is 18.3. The van der Waals surface area contributed by atoms with Gasteiger partial charge in [0.25, 0.3) is 0 Å². The molecule has 1 aliphatic rings. The van der Waals surface area contributed by atoms with Gasteiger partial charge in [-0.2, -0.15) is 4.72 Å². The van der Waals surface area contributed by atoms with Crippen LogP contribution in [0.15, 0.2) is 40.1 Å². The summed E-state index contributed by atoms with van der Waals surface area (Å²) in [6, 6.07) is 7.13. The van der Waals surface area contributed by atoms with E-state index in [-0.39, 0.29) is 15.6 Å². The van der Waals surface area contributed by atoms with E-state index in [0.717, 1.165) is 6.07 Å². The third-order valence-corrected chi connectivity index (χ3v) is 6.79. The molecule has 0 amide bonds. The third-order valence-electron chi connectivity index (χ3n) is 3.95. The van der Waals surface area contributed by atoms with Crippen LogP contribution in [0.2, 0.25) is 5.02 Å². The molecule has 0 saturated carbocycles. The average Bonchev–Trinajstić information content (AvgIpc) is 2.58. The molecular weight excluding hydrogens is 418 g/mol. The first-order chi connectivity index (χ1) is 12.6. The summed E-state index contributed by atoms with van der Waals surface area (Å²) in [7, 11) is -5.37. The zero-order chi connectivity index (χ0) is 20.0. The molecule has 2 aromatic rings. The zero-order valence-electron chi connectivity index (χ0n) is 14.2. The zero-order valence-corrected chi connectivity index (χ0v) is 16.6. The predicted molar refractivity (Wildman–Crippen MR) is 99.1 cm³/mol. The Hall–Kier alpha value is -2.05. The summed E-state index contributed by atoms with van der Waals surface area (Å²) in [5, 5.41) is 7.86. The number of fused-ring (bicyclic) bond motifs is 1. The molecular formula is C15H16ClN3O6S2. The molecule has 9 nitrogen and oxygen atoms in total. The lowest BCUT2D eigenvalue weighted by Crippen LogP contribution is -2.38. The van der Waals surface area contributed by atoms with Crippen LogP contribution in [0, 0.1) is 0 Å². The molecule has 0 radical (unpaired) electrons. The molecule has 0 spiro atoms. The second kappa shape index (κ2) is 6.84. The van der Waals surface area contributed by atoms with Crippen molar-refractivity contribution in [3.63, 3.8) is 0 Å². The Balaban J connectivity index is 2.15. The fraction of sp³-hybridized carbons (Fsp3) is 0.200. The Morgan fingerprint density at radius 2 is 1.89 bits per heavy atom. The first-order valence-corrected chi connectivity index (χ1v) is 10.9. The van der Waals surface area contributed by atoms with Crippen molar-refractivity contribution in [2.24, 2.45) is 5.14 Å². The van der Waals surface area contributed by atoms with Crippen molar-refractivity contribution in [2.75, 3.05) is 19.5 Å². The average molecular weight is 434 g/mol. The van der Waals surface area contributed by atoms with Gasteiger partial charge in [0.15, 0.2) is 11.5 Å². The van der Waals surface area contributed by atoms with Gasteiger partial charge in [0.05, 0.1) is 24.9 Å². The minimum absolute atomic E-state index is 0.126. The number of halogens is 1. The van der Waals surface area contributed by atoms with Gasteiger partial charge in [-0.3, -0.25) is 0 Å². The number of rotatable bonds is 4. The van der Waals surface area contributed by atoms with E-state index >= 15 is 0 Å². The Morgan fingerprint density at radius 3 is 2.48 bits per heavy atom. The Kier molecular flexibility index (Phi) is 4.99. The standard InChI is InChI=1S/C15H16ClN3O6S2/c1-24-11-5-3-4-8(14(11)25-2)15-18-10-6-9(16)12(26(17,20)21)7-13(10)27(22,23)19-15/h3-7,15,18-19H,1-2H3,(H2,17,20,21)/t15-/m0/s1. The van der Waals surface area contributed by atoms with Crippen molar-refractivity contribution in [3.8, 4) is 11.5 Å². The van der Waals surface area contributed by atoms with Gasteiger partial charge in [0, 0.05) is 5.56 Å². The fourth-order valence-electron chi connectivity index (χ4n) is 2.77. The SMILES string of the molecule is COc1cccc([C@H]2Nc3cc(Cl)c(S(N)(=O)=O)cc3S(=O)(=O)N2)c1OC. The number of para-hydroxylation sites is 1. The highest BCUT2D eigenvalue weighted by Crippen LogP contribution is 2.40. The molecule has 0 bridgehead atoms. The summed E-state index contributed by atoms with van der Waals surface area (Å²) in [4.78, 5) is -0.762. The molecule has 0 unspecified atom stereocenters. The molecule has 3 rings (SSSR count). The molecule has 27 heavy (non-hydrogen) atoms. The number of primary sulfonamides is 1. The number of hydrogen-bond donors (Lipinski definition) is 3. The van der Waals surface area contributed by atoms with Crippen molar-refractivity contribution in [1.82, 2.24) is 4.72 Å². The van der Waals surface area contributed by atoms with E-state index in [0.29, 0.717) is 17.1 Å². The van der Waals surface area contributed by atoms with Gasteiger partial charge in [0.1, 0.15) is 16.0 Å². The minimum atomic E-state index is -4.19. The molecule has 0 aromatic heterocycles. The van der Waals surface area contributed by atoms with E-state index in [9.17, 15) is 16.8 Å². The Bertz CT molecular complexity index is 1120. The van der Waals surface area contributed by atoms with Gasteiger partial charge in [-0.15, -0.1) is 0 Å². The minimum Gasteiger partial charge on any atom is -0.493 e. The molecule has 146 valence electrons. The van der Waals surface area contributed by atoms with E-state index in [1.807, 2.05) is 0 Å². The number of nitrogens with one attached hydrogen (secondary N) is 2. The molecule has 0 fully saturated rings. The topological polar surface area (TPSA) is 137 Å². The van der Waals surface area contributed by atoms with Crippen LogP contribution in [-0.4, -0.2) is 31.1 Å². The van der Waals surface area contributed by atoms with Gasteiger partial charge in [0.2, 0.25) is 20.0 Å². The maximum atomic E-state index is 12.7. The quantitative estimate of drug-likeness (QED) is 0.662. The van der Waals surface area contributed by atoms with E-state index in [1.165, 1.54) is 20.3 Å². The highest BCUT2D eigenvalue weighted by molar-refractivity contribution is 7.90. The number of benzene rings is 2. The molecule has 12 heteroatoms. The van der Waals surface area contributed by atoms with Crippen molar-refractivity contribution in [2.45, 2.75) is 16.0 Å². The van der Waals surface area contributed by atoms with Crippen LogP contribution >= 0.6 is 11.6 Å². The number of sulfonamides is 2. The van der Waals surface area contributed by atoms with Crippen LogP contribution in [-0.2, 0) is 20.0 Å². The summed E-state index contributed by atoms with van der Waals surface area (Å²) in [5.41, 5.74) is 0.596. The number of methoxy groups -OCH3 is 2. The van der Waals surface area contributed by atoms with Crippen LogP contribution in [0.25, 0.3) is 0 Å². The monoisotopic (exact) mass is 433 g/mol. The van der Waals surface area contributed by atoms with Crippen molar-refractivity contribution < 1.29 is 26.3 Å². The van der Waals surface area contributed by atoms with Crippen molar-refractivity contribution in [1.29, 1.82) is 0 Å². The Labute approximate surface area is 161 Å². The fourth-order valence-corrected chi connectivity index (χ4v) is 5.25. The molecule has 0 aliphatic carbocycles. The lowest BCUT2D eigenvalue weighted by atomic mass is 10.1. The smallest absolute Gasteiger partial charge is 0.244 e. The number of anilines is 1. The largest absolute Gasteiger partial charge is 0.493 e. The van der Waals surface area contributed by atoms with E-state index in [2.05, 4.69) is 10.0 Å². The molecule has 2 aromatic carbocycles. The molecule has 1 aliphatic heterocycles. The van der Waals surface area contributed by atoms with Gasteiger partial charge < -0.3 is 14.8 Å². The number of hydrogen-bond acceptors (Lipinski definition) is 7. The van der Waals surface area contributed by atoms with Crippen LogP contribution in [0.4, 0.5) is 5.69 Å². The second-order valence-corrected chi connectivity index (χ2v) is 9.22. The van der Waals surface area contributed by atoms with Gasteiger partial charge in [-0.25, -0.2) is 22.0 Å². The molecule has 1 heterocycles. The van der Waals surface area contributed by atoms with E-state index in [1.54, 1.807) is 18.2 Å². The maximum Gasteiger partial charge on any atom is 0.244 e. The first kappa shape index (κ1) is 19.7. The van der Waals surface area contributed by atoms with Crippen LogP contribution in [0.1, 0.15) is 11.7 Å². The van der Waals surface area contributed by atoms with Gasteiger partial charge in [-0.1, -0.05) is 23.7 Å². The van der Waals surface area contributed by atoms with Crippen molar-refractivity contribution >= 4 is 37.3 Å². The van der Waals surface area contributed by atoms with Crippen LogP contribution < -0.4 is 24.7 Å². The van der Waals surface area contributed by atoms with Crippen molar-refractivity contribution in [3.05, 3.63) is 40.9 Å². The lowest BCUT2D eigenvalue weighted by Gasteiger charge is -2.30. The third kappa shape index (κ3) is 3.56. The Morgan fingerprint density at radius 1 is 1.19 bits per heavy atom. The van der Waals surface area contributed by atoms with Gasteiger partial charge >= 0.3 is 0 Å². The predicted octanol–water partition coefficient (Wildman–Crippen LogP) is 1.41. The summed E-state index contributed by atoms with van der Waals surface area (Å²) >= 11 is 5.98. The highest BCUT2D eigenvalue weighted by Gasteiger charge is 2.34. The van der Waals surface area contributed by atoms with Crippen LogP contribution in [0.5, 0.6) is 11.5 Å². The van der Waals surface area contributed by atoms with E-state index < -0.39 is 31.1 Å². The summed E-state index contributed by atoms with van der Waals surface area (Å²) in [5.74, 6) is 0.764. The highest BCUT2D eigenvalue weighted by atomic mass is 35.5.